The molecule has 2 N–H and O–H groups in total. The van der Waals surface area contributed by atoms with Gasteiger partial charge in [0.25, 0.3) is 0 Å². The summed E-state index contributed by atoms with van der Waals surface area (Å²) in [5.41, 5.74) is 8.84. The molecular weight excluding hydrogens is 316 g/mol. The second-order valence-corrected chi connectivity index (χ2v) is 6.58. The van der Waals surface area contributed by atoms with Gasteiger partial charge in [0.15, 0.2) is 0 Å². The molecule has 0 spiro atoms. The Bertz CT molecular complexity index is 890. The van der Waals surface area contributed by atoms with E-state index in [0.717, 1.165) is 29.4 Å². The zero-order valence-electron chi connectivity index (χ0n) is 14.5. The maximum Gasteiger partial charge on any atom is 0.222 e. The molecule has 4 rings (SSSR count). The van der Waals surface area contributed by atoms with Crippen LogP contribution in [0.15, 0.2) is 36.7 Å². The summed E-state index contributed by atoms with van der Waals surface area (Å²) in [6.45, 7) is 6.32. The molecule has 1 fully saturated rings. The molecule has 1 aliphatic rings. The molecule has 3 aromatic heterocycles. The Balaban J connectivity index is 1.63. The van der Waals surface area contributed by atoms with Crippen molar-refractivity contribution in [3.05, 3.63) is 48.0 Å². The van der Waals surface area contributed by atoms with Crippen molar-refractivity contribution in [1.82, 2.24) is 19.4 Å². The summed E-state index contributed by atoms with van der Waals surface area (Å²) >= 11 is 0. The molecule has 0 aromatic carbocycles. The van der Waals surface area contributed by atoms with Crippen molar-refractivity contribution in [3.63, 3.8) is 0 Å². The highest BCUT2D eigenvalue weighted by Gasteiger charge is 2.26. The van der Waals surface area contributed by atoms with Crippen LogP contribution < -0.4 is 10.6 Å². The summed E-state index contributed by atoms with van der Waals surface area (Å²) in [6.07, 6.45) is 3.83. The quantitative estimate of drug-likeness (QED) is 0.790. The molecule has 0 bridgehead atoms. The minimum atomic E-state index is -0.0650. The Kier molecular flexibility index (Phi) is 4.01. The van der Waals surface area contributed by atoms with Crippen LogP contribution in [0.5, 0.6) is 0 Å². The molecule has 1 atom stereocenters. The van der Waals surface area contributed by atoms with Crippen molar-refractivity contribution in [1.29, 1.82) is 0 Å². The number of nitrogens with two attached hydrogens (primary N) is 1. The normalized spacial score (nSPS) is 18.2. The number of aromatic nitrogens is 4. The molecule has 7 nitrogen and oxygen atoms in total. The van der Waals surface area contributed by atoms with Gasteiger partial charge in [0, 0.05) is 18.8 Å². The summed E-state index contributed by atoms with van der Waals surface area (Å²) in [7, 11) is 0. The van der Waals surface area contributed by atoms with E-state index in [1.165, 1.54) is 0 Å². The van der Waals surface area contributed by atoms with E-state index in [1.54, 1.807) is 0 Å². The van der Waals surface area contributed by atoms with Crippen LogP contribution in [-0.4, -0.2) is 39.0 Å². The van der Waals surface area contributed by atoms with Gasteiger partial charge >= 0.3 is 0 Å². The van der Waals surface area contributed by atoms with Crippen LogP contribution in [0.4, 0.5) is 11.8 Å². The minimum Gasteiger partial charge on any atom is -0.368 e. The molecule has 0 radical (unpaired) electrons. The maximum absolute atomic E-state index is 6.01. The van der Waals surface area contributed by atoms with Crippen molar-refractivity contribution in [2.24, 2.45) is 0 Å². The molecule has 0 saturated carbocycles. The number of pyridine rings is 1. The predicted octanol–water partition coefficient (Wildman–Crippen LogP) is 2.41. The van der Waals surface area contributed by atoms with Crippen molar-refractivity contribution in [2.75, 3.05) is 30.3 Å². The van der Waals surface area contributed by atoms with Crippen molar-refractivity contribution < 1.29 is 4.74 Å². The lowest BCUT2D eigenvalue weighted by Crippen LogP contribution is -2.39. The average molecular weight is 338 g/mol. The van der Waals surface area contributed by atoms with Gasteiger partial charge in [0.05, 0.1) is 30.7 Å². The number of fused-ring (bicyclic) bond motifs is 1. The second-order valence-electron chi connectivity index (χ2n) is 6.58. The average Bonchev–Trinajstić information content (AvgIpc) is 3.05. The van der Waals surface area contributed by atoms with E-state index in [0.29, 0.717) is 25.0 Å². The number of imidazole rings is 1. The SMILES string of the molecule is CC(C)c1cc(N2CCO[C@@H](c3cnc4ccccn34)C2)nc(N)n1. The fourth-order valence-corrected chi connectivity index (χ4v) is 3.16. The standard InChI is InChI=1S/C18H22N6O/c1-12(2)13-9-17(22-18(19)21-13)23-7-8-25-15(11-23)14-10-20-16-5-3-4-6-24(14)16/h3-6,9-10,12,15H,7-8,11H2,1-2H3,(H2,19,21,22)/t15-/m1/s1. The summed E-state index contributed by atoms with van der Waals surface area (Å²) in [5.74, 6) is 1.48. The largest absolute Gasteiger partial charge is 0.368 e. The number of rotatable bonds is 3. The third-order valence-electron chi connectivity index (χ3n) is 4.51. The maximum atomic E-state index is 6.01. The van der Waals surface area contributed by atoms with Crippen LogP contribution in [-0.2, 0) is 4.74 Å². The topological polar surface area (TPSA) is 81.6 Å². The lowest BCUT2D eigenvalue weighted by molar-refractivity contribution is 0.0362. The highest BCUT2D eigenvalue weighted by atomic mass is 16.5. The van der Waals surface area contributed by atoms with Gasteiger partial charge in [-0.05, 0) is 18.1 Å². The van der Waals surface area contributed by atoms with Crippen LogP contribution in [0, 0.1) is 0 Å². The first kappa shape index (κ1) is 15.8. The highest BCUT2D eigenvalue weighted by Crippen LogP contribution is 2.27. The molecule has 130 valence electrons. The fourth-order valence-electron chi connectivity index (χ4n) is 3.16. The number of hydrogen-bond acceptors (Lipinski definition) is 6. The lowest BCUT2D eigenvalue weighted by atomic mass is 10.1. The third kappa shape index (κ3) is 3.02. The Morgan fingerprint density at radius 3 is 3.00 bits per heavy atom. The molecule has 7 heteroatoms. The lowest BCUT2D eigenvalue weighted by Gasteiger charge is -2.33. The number of morpholine rings is 1. The number of hydrogen-bond donors (Lipinski definition) is 1. The van der Waals surface area contributed by atoms with E-state index < -0.39 is 0 Å². The zero-order valence-corrected chi connectivity index (χ0v) is 14.5. The molecule has 4 heterocycles. The molecule has 1 aliphatic heterocycles. The van der Waals surface area contributed by atoms with Crippen LogP contribution in [0.1, 0.15) is 37.3 Å². The van der Waals surface area contributed by atoms with Crippen molar-refractivity contribution in [3.8, 4) is 0 Å². The van der Waals surface area contributed by atoms with Crippen LogP contribution in [0.25, 0.3) is 5.65 Å². The van der Waals surface area contributed by atoms with E-state index in [-0.39, 0.29) is 6.10 Å². The summed E-state index contributed by atoms with van der Waals surface area (Å²) in [6, 6.07) is 8.00. The summed E-state index contributed by atoms with van der Waals surface area (Å²) in [5, 5.41) is 0. The predicted molar refractivity (Wildman–Crippen MR) is 96.6 cm³/mol. The van der Waals surface area contributed by atoms with Crippen molar-refractivity contribution >= 4 is 17.4 Å². The molecule has 0 amide bonds. The van der Waals surface area contributed by atoms with Gasteiger partial charge in [0.2, 0.25) is 5.95 Å². The first-order valence-electron chi connectivity index (χ1n) is 8.55. The Labute approximate surface area is 146 Å². The van der Waals surface area contributed by atoms with Crippen LogP contribution in [0.2, 0.25) is 0 Å². The van der Waals surface area contributed by atoms with E-state index in [2.05, 4.69) is 38.1 Å². The summed E-state index contributed by atoms with van der Waals surface area (Å²) < 4.78 is 8.08. The first-order valence-corrected chi connectivity index (χ1v) is 8.55. The third-order valence-corrected chi connectivity index (χ3v) is 4.51. The van der Waals surface area contributed by atoms with Gasteiger partial charge in [0.1, 0.15) is 17.6 Å². The molecule has 3 aromatic rings. The smallest absolute Gasteiger partial charge is 0.222 e. The van der Waals surface area contributed by atoms with Crippen molar-refractivity contribution in [2.45, 2.75) is 25.9 Å². The molecule has 25 heavy (non-hydrogen) atoms. The van der Waals surface area contributed by atoms with Crippen LogP contribution >= 0.6 is 0 Å². The monoisotopic (exact) mass is 338 g/mol. The van der Waals surface area contributed by atoms with Gasteiger partial charge in [-0.2, -0.15) is 4.98 Å². The van der Waals surface area contributed by atoms with E-state index in [1.807, 2.05) is 36.7 Å². The number of nitrogens with zero attached hydrogens (tertiary/aromatic N) is 5. The number of nitrogen functional groups attached to an aromatic ring is 1. The molecular formula is C18H22N6O. The van der Waals surface area contributed by atoms with E-state index >= 15 is 0 Å². The first-order chi connectivity index (χ1) is 12.1. The minimum absolute atomic E-state index is 0.0650. The molecule has 1 saturated heterocycles. The Morgan fingerprint density at radius 2 is 2.16 bits per heavy atom. The van der Waals surface area contributed by atoms with Gasteiger partial charge in [-0.3, -0.25) is 0 Å². The fraction of sp³-hybridized carbons (Fsp3) is 0.389. The van der Waals surface area contributed by atoms with Gasteiger partial charge in [-0.25, -0.2) is 9.97 Å². The Hall–Kier alpha value is -2.67. The van der Waals surface area contributed by atoms with Gasteiger partial charge in [-0.1, -0.05) is 19.9 Å². The van der Waals surface area contributed by atoms with Gasteiger partial charge in [-0.15, -0.1) is 0 Å². The Morgan fingerprint density at radius 1 is 1.28 bits per heavy atom. The molecule has 0 unspecified atom stereocenters. The van der Waals surface area contributed by atoms with Gasteiger partial charge < -0.3 is 19.8 Å². The number of ether oxygens (including phenoxy) is 1. The zero-order chi connectivity index (χ0) is 17.4. The van der Waals surface area contributed by atoms with Crippen LogP contribution in [0.3, 0.4) is 0 Å². The molecule has 0 aliphatic carbocycles. The highest BCUT2D eigenvalue weighted by molar-refractivity contribution is 5.46. The number of anilines is 2. The second kappa shape index (κ2) is 6.33. The van der Waals surface area contributed by atoms with E-state index in [4.69, 9.17) is 10.5 Å². The summed E-state index contributed by atoms with van der Waals surface area (Å²) in [4.78, 5) is 15.4. The van der Waals surface area contributed by atoms with E-state index in [9.17, 15) is 0 Å².